The zero-order valence-corrected chi connectivity index (χ0v) is 13.2. The van der Waals surface area contributed by atoms with Crippen molar-refractivity contribution in [2.24, 2.45) is 0 Å². The van der Waals surface area contributed by atoms with Gasteiger partial charge in [0.2, 0.25) is 0 Å². The smallest absolute Gasteiger partial charge is 0.196 e. The predicted octanol–water partition coefficient (Wildman–Crippen LogP) is 5.15. The van der Waals surface area contributed by atoms with Gasteiger partial charge in [0.1, 0.15) is 12.4 Å². The SMILES string of the molecule is O=C(c1ccccc1)c1cc(Cl)ccc1OCc1ccccc1. The summed E-state index contributed by atoms with van der Waals surface area (Å²) in [5, 5.41) is 0.511. The second-order valence-electron chi connectivity index (χ2n) is 5.11. The van der Waals surface area contributed by atoms with Crippen molar-refractivity contribution in [1.29, 1.82) is 0 Å². The molecule has 0 unspecified atom stereocenters. The van der Waals surface area contributed by atoms with Crippen molar-refractivity contribution < 1.29 is 9.53 Å². The van der Waals surface area contributed by atoms with Crippen LogP contribution in [0, 0.1) is 0 Å². The molecule has 0 aliphatic carbocycles. The molecule has 0 saturated heterocycles. The molecule has 0 heterocycles. The van der Waals surface area contributed by atoms with Gasteiger partial charge in [-0.15, -0.1) is 0 Å². The number of ketones is 1. The number of carbonyl (C=O) groups excluding carboxylic acids is 1. The highest BCUT2D eigenvalue weighted by molar-refractivity contribution is 6.31. The van der Waals surface area contributed by atoms with E-state index in [0.717, 1.165) is 5.56 Å². The van der Waals surface area contributed by atoms with E-state index in [2.05, 4.69) is 0 Å². The Bertz CT molecular complexity index is 798. The standard InChI is InChI=1S/C20H15ClO2/c21-17-11-12-19(23-14-15-7-3-1-4-8-15)18(13-17)20(22)16-9-5-2-6-10-16/h1-13H,14H2. The summed E-state index contributed by atoms with van der Waals surface area (Å²) in [5.41, 5.74) is 2.12. The van der Waals surface area contributed by atoms with Crippen LogP contribution in [0.5, 0.6) is 5.75 Å². The first-order valence-corrected chi connectivity index (χ1v) is 7.68. The molecule has 3 aromatic carbocycles. The first-order valence-electron chi connectivity index (χ1n) is 7.30. The van der Waals surface area contributed by atoms with Crippen LogP contribution in [0.2, 0.25) is 5.02 Å². The predicted molar refractivity (Wildman–Crippen MR) is 92.1 cm³/mol. The third-order valence-electron chi connectivity index (χ3n) is 3.46. The van der Waals surface area contributed by atoms with E-state index in [1.54, 1.807) is 30.3 Å². The van der Waals surface area contributed by atoms with E-state index >= 15 is 0 Å². The first kappa shape index (κ1) is 15.3. The summed E-state index contributed by atoms with van der Waals surface area (Å²) in [5.74, 6) is 0.434. The molecule has 3 aromatic rings. The van der Waals surface area contributed by atoms with Crippen molar-refractivity contribution in [3.63, 3.8) is 0 Å². The lowest BCUT2D eigenvalue weighted by atomic mass is 10.0. The van der Waals surface area contributed by atoms with Gasteiger partial charge in [-0.05, 0) is 23.8 Å². The highest BCUT2D eigenvalue weighted by Crippen LogP contribution is 2.26. The summed E-state index contributed by atoms with van der Waals surface area (Å²) in [4.78, 5) is 12.7. The Morgan fingerprint density at radius 2 is 1.52 bits per heavy atom. The molecule has 3 heteroatoms. The largest absolute Gasteiger partial charge is 0.488 e. The number of rotatable bonds is 5. The van der Waals surface area contributed by atoms with Crippen LogP contribution in [0.1, 0.15) is 21.5 Å². The van der Waals surface area contributed by atoms with Crippen LogP contribution in [0.3, 0.4) is 0 Å². The van der Waals surface area contributed by atoms with Crippen LogP contribution in [0.25, 0.3) is 0 Å². The third kappa shape index (κ3) is 3.79. The molecule has 0 amide bonds. The molecule has 0 aromatic heterocycles. The Labute approximate surface area is 140 Å². The van der Waals surface area contributed by atoms with E-state index < -0.39 is 0 Å². The van der Waals surface area contributed by atoms with Crippen LogP contribution in [0.15, 0.2) is 78.9 Å². The number of hydrogen-bond acceptors (Lipinski definition) is 2. The molecule has 23 heavy (non-hydrogen) atoms. The Balaban J connectivity index is 1.87. The fraction of sp³-hybridized carbons (Fsp3) is 0.0500. The van der Waals surface area contributed by atoms with E-state index in [-0.39, 0.29) is 5.78 Å². The highest BCUT2D eigenvalue weighted by atomic mass is 35.5. The fourth-order valence-electron chi connectivity index (χ4n) is 2.29. The molecule has 0 fully saturated rings. The summed E-state index contributed by atoms with van der Waals surface area (Å²) < 4.78 is 5.84. The molecule has 0 atom stereocenters. The quantitative estimate of drug-likeness (QED) is 0.607. The van der Waals surface area contributed by atoms with E-state index in [9.17, 15) is 4.79 Å². The molecule has 0 N–H and O–H groups in total. The van der Waals surface area contributed by atoms with E-state index in [0.29, 0.717) is 28.5 Å². The Kier molecular flexibility index (Phi) is 4.74. The van der Waals surface area contributed by atoms with Gasteiger partial charge in [-0.2, -0.15) is 0 Å². The molecular weight excluding hydrogens is 308 g/mol. The first-order chi connectivity index (χ1) is 11.2. The molecule has 2 nitrogen and oxygen atoms in total. The van der Waals surface area contributed by atoms with Crippen molar-refractivity contribution in [3.8, 4) is 5.75 Å². The van der Waals surface area contributed by atoms with Crippen LogP contribution in [-0.4, -0.2) is 5.78 Å². The minimum absolute atomic E-state index is 0.101. The zero-order valence-electron chi connectivity index (χ0n) is 12.4. The Hall–Kier alpha value is -2.58. The molecular formula is C20H15ClO2. The van der Waals surface area contributed by atoms with Crippen molar-refractivity contribution in [3.05, 3.63) is 101 Å². The summed E-state index contributed by atoms with van der Waals surface area (Å²) >= 11 is 6.06. The number of carbonyl (C=O) groups is 1. The van der Waals surface area contributed by atoms with Crippen LogP contribution in [-0.2, 0) is 6.61 Å². The van der Waals surface area contributed by atoms with Crippen molar-refractivity contribution in [2.45, 2.75) is 6.61 Å². The van der Waals surface area contributed by atoms with Gasteiger partial charge < -0.3 is 4.74 Å². The lowest BCUT2D eigenvalue weighted by Gasteiger charge is -2.11. The van der Waals surface area contributed by atoms with Gasteiger partial charge in [-0.3, -0.25) is 4.79 Å². The average Bonchev–Trinajstić information content (AvgIpc) is 2.61. The molecule has 0 bridgehead atoms. The molecule has 0 aliphatic heterocycles. The van der Waals surface area contributed by atoms with Crippen LogP contribution in [0.4, 0.5) is 0 Å². The minimum atomic E-state index is -0.101. The molecule has 114 valence electrons. The number of ether oxygens (including phenoxy) is 1. The highest BCUT2D eigenvalue weighted by Gasteiger charge is 2.15. The van der Waals surface area contributed by atoms with Gasteiger partial charge in [0.05, 0.1) is 5.56 Å². The maximum atomic E-state index is 12.7. The fourth-order valence-corrected chi connectivity index (χ4v) is 2.46. The number of halogens is 1. The third-order valence-corrected chi connectivity index (χ3v) is 3.69. The molecule has 0 spiro atoms. The van der Waals surface area contributed by atoms with Gasteiger partial charge in [-0.25, -0.2) is 0 Å². The molecule has 0 saturated carbocycles. The summed E-state index contributed by atoms with van der Waals surface area (Å²) in [7, 11) is 0. The van der Waals surface area contributed by atoms with Gasteiger partial charge in [0, 0.05) is 10.6 Å². The van der Waals surface area contributed by atoms with Gasteiger partial charge >= 0.3 is 0 Å². The van der Waals surface area contributed by atoms with Crippen molar-refractivity contribution >= 4 is 17.4 Å². The summed E-state index contributed by atoms with van der Waals surface area (Å²) in [6.45, 7) is 0.400. The maximum Gasteiger partial charge on any atom is 0.196 e. The normalized spacial score (nSPS) is 10.3. The van der Waals surface area contributed by atoms with Gasteiger partial charge in [-0.1, -0.05) is 72.3 Å². The monoisotopic (exact) mass is 322 g/mol. The second-order valence-corrected chi connectivity index (χ2v) is 5.55. The molecule has 0 aliphatic rings. The van der Waals surface area contributed by atoms with E-state index in [4.69, 9.17) is 16.3 Å². The Morgan fingerprint density at radius 1 is 0.870 bits per heavy atom. The van der Waals surface area contributed by atoms with E-state index in [1.165, 1.54) is 0 Å². The molecule has 3 rings (SSSR count). The second kappa shape index (κ2) is 7.12. The van der Waals surface area contributed by atoms with Crippen molar-refractivity contribution in [2.75, 3.05) is 0 Å². The summed E-state index contributed by atoms with van der Waals surface area (Å²) in [6, 6.07) is 24.1. The number of benzene rings is 3. The summed E-state index contributed by atoms with van der Waals surface area (Å²) in [6.07, 6.45) is 0. The van der Waals surface area contributed by atoms with Crippen molar-refractivity contribution in [1.82, 2.24) is 0 Å². The minimum Gasteiger partial charge on any atom is -0.488 e. The zero-order chi connectivity index (χ0) is 16.1. The lowest BCUT2D eigenvalue weighted by molar-refractivity contribution is 0.103. The van der Waals surface area contributed by atoms with E-state index in [1.807, 2.05) is 48.5 Å². The lowest BCUT2D eigenvalue weighted by Crippen LogP contribution is -2.05. The topological polar surface area (TPSA) is 26.3 Å². The van der Waals surface area contributed by atoms with Gasteiger partial charge in [0.15, 0.2) is 5.78 Å². The van der Waals surface area contributed by atoms with Crippen LogP contribution >= 0.6 is 11.6 Å². The van der Waals surface area contributed by atoms with Crippen LogP contribution < -0.4 is 4.74 Å². The maximum absolute atomic E-state index is 12.7. The average molecular weight is 323 g/mol. The molecule has 0 radical (unpaired) electrons. The number of hydrogen-bond donors (Lipinski definition) is 0. The Morgan fingerprint density at radius 3 is 2.22 bits per heavy atom. The van der Waals surface area contributed by atoms with Gasteiger partial charge in [0.25, 0.3) is 0 Å².